The van der Waals surface area contributed by atoms with Gasteiger partial charge in [-0.3, -0.25) is 14.5 Å². The molecular formula is C15H21N3O4S. The van der Waals surface area contributed by atoms with Crippen molar-refractivity contribution < 1.29 is 17.9 Å². The molecule has 8 heteroatoms. The summed E-state index contributed by atoms with van der Waals surface area (Å²) in [6, 6.07) is 5.89. The Morgan fingerprint density at radius 1 is 1.35 bits per heavy atom. The number of aliphatic imine (C=N–C) groups is 1. The molecule has 126 valence electrons. The quantitative estimate of drug-likeness (QED) is 0.738. The Hall–Kier alpha value is -1.93. The predicted molar refractivity (Wildman–Crippen MR) is 86.8 cm³/mol. The minimum Gasteiger partial charge on any atom is -0.383 e. The fraction of sp³-hybridized carbons (Fsp3) is 0.467. The molecule has 0 unspecified atom stereocenters. The number of nitrogens with zero attached hydrogens (tertiary/aromatic N) is 1. The lowest BCUT2D eigenvalue weighted by molar-refractivity contribution is -0.123. The normalized spacial score (nSPS) is 18.5. The molecule has 1 aromatic rings. The molecule has 2 rings (SSSR count). The minimum absolute atomic E-state index is 0.0812. The Kier molecular flexibility index (Phi) is 5.38. The number of carbonyl (C=O) groups excluding carboxylic acids is 1. The Labute approximate surface area is 136 Å². The molecular weight excluding hydrogens is 318 g/mol. The lowest BCUT2D eigenvalue weighted by Gasteiger charge is -2.17. The molecule has 0 saturated heterocycles. The highest BCUT2D eigenvalue weighted by Gasteiger charge is 2.32. The van der Waals surface area contributed by atoms with Gasteiger partial charge in [0, 0.05) is 19.2 Å². The van der Waals surface area contributed by atoms with E-state index in [1.807, 2.05) is 13.8 Å². The maximum absolute atomic E-state index is 12.3. The van der Waals surface area contributed by atoms with Crippen LogP contribution < -0.4 is 10.0 Å². The van der Waals surface area contributed by atoms with Crippen LogP contribution in [0.15, 0.2) is 34.2 Å². The largest absolute Gasteiger partial charge is 0.383 e. The molecule has 1 heterocycles. The number of ether oxygens (including phenoxy) is 1. The van der Waals surface area contributed by atoms with Crippen LogP contribution in [0.4, 0.5) is 0 Å². The molecule has 0 aliphatic carbocycles. The SMILES string of the molecule is COCCNC(=O)[C@@H](N=C1NS(=O)(=O)c2ccccc21)C(C)C. The Morgan fingerprint density at radius 2 is 2.04 bits per heavy atom. The molecule has 0 saturated carbocycles. The van der Waals surface area contributed by atoms with E-state index in [1.165, 1.54) is 6.07 Å². The summed E-state index contributed by atoms with van der Waals surface area (Å²) < 4.78 is 31.5. The molecule has 7 nitrogen and oxygen atoms in total. The topological polar surface area (TPSA) is 96.9 Å². The van der Waals surface area contributed by atoms with Crippen LogP contribution in [0.3, 0.4) is 0 Å². The number of sulfonamides is 1. The summed E-state index contributed by atoms with van der Waals surface area (Å²) in [5.41, 5.74) is 0.489. The number of rotatable bonds is 6. The lowest BCUT2D eigenvalue weighted by atomic mass is 10.0. The van der Waals surface area contributed by atoms with Crippen molar-refractivity contribution in [1.82, 2.24) is 10.0 Å². The van der Waals surface area contributed by atoms with Crippen molar-refractivity contribution in [3.8, 4) is 0 Å². The average Bonchev–Trinajstić information content (AvgIpc) is 2.76. The maximum Gasteiger partial charge on any atom is 0.263 e. The van der Waals surface area contributed by atoms with Gasteiger partial charge in [0.2, 0.25) is 5.91 Å². The predicted octanol–water partition coefficient (Wildman–Crippen LogP) is 0.512. The summed E-state index contributed by atoms with van der Waals surface area (Å²) in [6.45, 7) is 4.51. The van der Waals surface area contributed by atoms with E-state index in [4.69, 9.17) is 4.74 Å². The van der Waals surface area contributed by atoms with Gasteiger partial charge in [-0.1, -0.05) is 26.0 Å². The molecule has 1 aliphatic rings. The number of benzene rings is 1. The second-order valence-electron chi connectivity index (χ2n) is 5.55. The molecule has 1 atom stereocenters. The van der Waals surface area contributed by atoms with Crippen molar-refractivity contribution in [2.24, 2.45) is 10.9 Å². The van der Waals surface area contributed by atoms with Crippen molar-refractivity contribution >= 4 is 21.8 Å². The molecule has 1 aliphatic heterocycles. The zero-order chi connectivity index (χ0) is 17.0. The molecule has 0 bridgehead atoms. The van der Waals surface area contributed by atoms with Gasteiger partial charge in [0.15, 0.2) is 0 Å². The third-order valence-electron chi connectivity index (χ3n) is 3.44. The summed E-state index contributed by atoms with van der Waals surface area (Å²) >= 11 is 0. The molecule has 0 fully saturated rings. The van der Waals surface area contributed by atoms with Crippen LogP contribution in [-0.4, -0.2) is 46.5 Å². The highest BCUT2D eigenvalue weighted by atomic mass is 32.2. The van der Waals surface area contributed by atoms with Gasteiger partial charge in [-0.2, -0.15) is 0 Å². The Bertz CT molecular complexity index is 713. The Balaban J connectivity index is 2.29. The minimum atomic E-state index is -3.61. The van der Waals surface area contributed by atoms with Crippen molar-refractivity contribution in [2.45, 2.75) is 24.8 Å². The van der Waals surface area contributed by atoms with Gasteiger partial charge < -0.3 is 10.1 Å². The number of hydrogen-bond donors (Lipinski definition) is 2. The highest BCUT2D eigenvalue weighted by molar-refractivity contribution is 7.90. The van der Waals surface area contributed by atoms with Crippen LogP contribution >= 0.6 is 0 Å². The molecule has 2 N–H and O–H groups in total. The van der Waals surface area contributed by atoms with E-state index in [9.17, 15) is 13.2 Å². The van der Waals surface area contributed by atoms with Crippen molar-refractivity contribution in [3.63, 3.8) is 0 Å². The van der Waals surface area contributed by atoms with Crippen molar-refractivity contribution in [2.75, 3.05) is 20.3 Å². The van der Waals surface area contributed by atoms with Crippen molar-refractivity contribution in [1.29, 1.82) is 0 Å². The van der Waals surface area contributed by atoms with E-state index < -0.39 is 16.1 Å². The van der Waals surface area contributed by atoms with Crippen LogP contribution in [0.1, 0.15) is 19.4 Å². The molecule has 0 spiro atoms. The third kappa shape index (κ3) is 3.89. The second kappa shape index (κ2) is 7.10. The summed E-state index contributed by atoms with van der Waals surface area (Å²) in [5, 5.41) is 2.74. The van der Waals surface area contributed by atoms with Gasteiger partial charge >= 0.3 is 0 Å². The number of amides is 1. The number of carbonyl (C=O) groups is 1. The number of methoxy groups -OCH3 is 1. The smallest absolute Gasteiger partial charge is 0.263 e. The number of nitrogens with one attached hydrogen (secondary N) is 2. The monoisotopic (exact) mass is 339 g/mol. The first kappa shape index (κ1) is 17.4. The number of fused-ring (bicyclic) bond motifs is 1. The van der Waals surface area contributed by atoms with Crippen LogP contribution in [0.5, 0.6) is 0 Å². The van der Waals surface area contributed by atoms with E-state index in [1.54, 1.807) is 25.3 Å². The van der Waals surface area contributed by atoms with Gasteiger partial charge in [-0.15, -0.1) is 0 Å². The van der Waals surface area contributed by atoms with Gasteiger partial charge in [0.25, 0.3) is 10.0 Å². The van der Waals surface area contributed by atoms with Crippen LogP contribution in [0.25, 0.3) is 0 Å². The van der Waals surface area contributed by atoms with Crippen LogP contribution in [-0.2, 0) is 19.6 Å². The first-order chi connectivity index (χ1) is 10.9. The van der Waals surface area contributed by atoms with E-state index in [0.717, 1.165) is 0 Å². The molecule has 1 aromatic carbocycles. The summed E-state index contributed by atoms with van der Waals surface area (Å²) in [5.74, 6) is -0.128. The molecule has 23 heavy (non-hydrogen) atoms. The van der Waals surface area contributed by atoms with Crippen LogP contribution in [0.2, 0.25) is 0 Å². The third-order valence-corrected chi connectivity index (χ3v) is 4.83. The lowest BCUT2D eigenvalue weighted by Crippen LogP contribution is -2.39. The highest BCUT2D eigenvalue weighted by Crippen LogP contribution is 2.23. The molecule has 0 aromatic heterocycles. The van der Waals surface area contributed by atoms with Gasteiger partial charge in [0.05, 0.1) is 11.5 Å². The standard InChI is InChI=1S/C15H21N3O4S/c1-10(2)13(15(19)16-8-9-22-3)17-14-11-6-4-5-7-12(11)23(20,21)18-14/h4-7,10,13H,8-9H2,1-3H3,(H,16,19)(H,17,18)/t13-/m0/s1. The number of hydrogen-bond acceptors (Lipinski definition) is 5. The van der Waals surface area contributed by atoms with E-state index >= 15 is 0 Å². The molecule has 0 radical (unpaired) electrons. The fourth-order valence-electron chi connectivity index (χ4n) is 2.26. The second-order valence-corrected chi connectivity index (χ2v) is 7.20. The maximum atomic E-state index is 12.3. The van der Waals surface area contributed by atoms with Gasteiger partial charge in [-0.25, -0.2) is 8.42 Å². The zero-order valence-electron chi connectivity index (χ0n) is 13.4. The van der Waals surface area contributed by atoms with Gasteiger partial charge in [0.1, 0.15) is 11.9 Å². The number of amidine groups is 1. The zero-order valence-corrected chi connectivity index (χ0v) is 14.2. The van der Waals surface area contributed by atoms with Gasteiger partial charge in [-0.05, 0) is 18.1 Å². The van der Waals surface area contributed by atoms with E-state index in [2.05, 4.69) is 15.0 Å². The average molecular weight is 339 g/mol. The fourth-order valence-corrected chi connectivity index (χ4v) is 3.50. The van der Waals surface area contributed by atoms with E-state index in [-0.39, 0.29) is 22.6 Å². The molecule has 1 amide bonds. The van der Waals surface area contributed by atoms with Crippen molar-refractivity contribution in [3.05, 3.63) is 29.8 Å². The Morgan fingerprint density at radius 3 is 2.70 bits per heavy atom. The van der Waals surface area contributed by atoms with E-state index in [0.29, 0.717) is 18.7 Å². The summed E-state index contributed by atoms with van der Waals surface area (Å²) in [6.07, 6.45) is 0. The van der Waals surface area contributed by atoms with Crippen LogP contribution in [0, 0.1) is 5.92 Å². The first-order valence-electron chi connectivity index (χ1n) is 7.33. The first-order valence-corrected chi connectivity index (χ1v) is 8.82. The summed E-state index contributed by atoms with van der Waals surface area (Å²) in [4.78, 5) is 16.8. The summed E-state index contributed by atoms with van der Waals surface area (Å²) in [7, 11) is -2.05.